The molecule has 2 aromatic carbocycles. The molecule has 0 saturated carbocycles. The number of ether oxygens (including phenoxy) is 1. The lowest BCUT2D eigenvalue weighted by atomic mass is 10.1. The first kappa shape index (κ1) is 16.1. The highest BCUT2D eigenvalue weighted by Gasteiger charge is 2.10. The Balaban J connectivity index is 1.94. The average molecular weight is 333 g/mol. The molecule has 0 aliphatic rings. The highest BCUT2D eigenvalue weighted by molar-refractivity contribution is 5.91. The molecular weight excluding hydrogens is 321 g/mol. The van der Waals surface area contributed by atoms with Gasteiger partial charge in [-0.3, -0.25) is 4.79 Å². The fourth-order valence-electron chi connectivity index (χ4n) is 2.23. The molecule has 1 aromatic heterocycles. The molecule has 3 rings (SSSR count). The molecule has 2 N–H and O–H groups in total. The lowest BCUT2D eigenvalue weighted by Gasteiger charge is -2.09. The second-order valence-electron chi connectivity index (χ2n) is 5.15. The quantitative estimate of drug-likeness (QED) is 0.789. The van der Waals surface area contributed by atoms with Crippen LogP contribution in [0.25, 0.3) is 11.3 Å². The number of nitriles is 1. The number of rotatable bonds is 4. The Bertz CT molecular complexity index is 979. The number of nitrogens with two attached hydrogens (primary N) is 1. The van der Waals surface area contributed by atoms with E-state index in [9.17, 15) is 14.4 Å². The topological polar surface area (TPSA) is 89.0 Å². The van der Waals surface area contributed by atoms with Crippen LogP contribution in [0.4, 0.5) is 4.39 Å². The van der Waals surface area contributed by atoms with E-state index in [2.05, 4.69) is 11.1 Å². The first-order chi connectivity index (χ1) is 12.1. The van der Waals surface area contributed by atoms with Crippen molar-refractivity contribution in [3.8, 4) is 28.8 Å². The van der Waals surface area contributed by atoms with Gasteiger partial charge in [-0.05, 0) is 54.6 Å². The standard InChI is InChI=1S/C19H12FN3O2/c20-14-5-7-15(8-6-14)25-18-9-4-12(10-13(18)11-21)16-2-1-3-17(23-16)19(22)24/h1-10H,(H2,22,24). The number of nitrogens with zero attached hydrogens (tertiary/aromatic N) is 2. The summed E-state index contributed by atoms with van der Waals surface area (Å²) in [5.74, 6) is -0.245. The Morgan fingerprint density at radius 1 is 1.12 bits per heavy atom. The van der Waals surface area contributed by atoms with Crippen LogP contribution in [0.3, 0.4) is 0 Å². The summed E-state index contributed by atoms with van der Waals surface area (Å²) < 4.78 is 18.6. The van der Waals surface area contributed by atoms with Gasteiger partial charge < -0.3 is 10.5 Å². The highest BCUT2D eigenvalue weighted by atomic mass is 19.1. The van der Waals surface area contributed by atoms with Crippen molar-refractivity contribution in [3.63, 3.8) is 0 Å². The van der Waals surface area contributed by atoms with Crippen LogP contribution >= 0.6 is 0 Å². The average Bonchev–Trinajstić information content (AvgIpc) is 2.64. The molecule has 0 radical (unpaired) electrons. The first-order valence-corrected chi connectivity index (χ1v) is 7.31. The number of amides is 1. The van der Waals surface area contributed by atoms with E-state index in [1.54, 1.807) is 30.3 Å². The van der Waals surface area contributed by atoms with E-state index in [4.69, 9.17) is 10.5 Å². The zero-order valence-electron chi connectivity index (χ0n) is 12.9. The molecule has 122 valence electrons. The molecule has 0 aliphatic carbocycles. The Labute approximate surface area is 143 Å². The van der Waals surface area contributed by atoms with Crippen LogP contribution in [0, 0.1) is 17.1 Å². The molecule has 0 aliphatic heterocycles. The molecule has 6 heteroatoms. The monoisotopic (exact) mass is 333 g/mol. The third-order valence-electron chi connectivity index (χ3n) is 3.44. The van der Waals surface area contributed by atoms with E-state index in [-0.39, 0.29) is 17.1 Å². The molecule has 5 nitrogen and oxygen atoms in total. The van der Waals surface area contributed by atoms with Crippen LogP contribution in [0.15, 0.2) is 60.7 Å². The zero-order valence-corrected chi connectivity index (χ0v) is 12.9. The predicted molar refractivity (Wildman–Crippen MR) is 89.4 cm³/mol. The lowest BCUT2D eigenvalue weighted by molar-refractivity contribution is 0.0995. The summed E-state index contributed by atoms with van der Waals surface area (Å²) in [5.41, 5.74) is 6.82. The van der Waals surface area contributed by atoms with Gasteiger partial charge in [0.05, 0.1) is 11.3 Å². The van der Waals surface area contributed by atoms with Crippen molar-refractivity contribution in [2.24, 2.45) is 5.73 Å². The molecule has 3 aromatic rings. The molecular formula is C19H12FN3O2. The van der Waals surface area contributed by atoms with Crippen LogP contribution in [0.1, 0.15) is 16.1 Å². The molecule has 1 heterocycles. The van der Waals surface area contributed by atoms with Crippen LogP contribution in [0.2, 0.25) is 0 Å². The van der Waals surface area contributed by atoms with Gasteiger partial charge in [-0.1, -0.05) is 6.07 Å². The van der Waals surface area contributed by atoms with E-state index in [0.29, 0.717) is 22.8 Å². The smallest absolute Gasteiger partial charge is 0.267 e. The van der Waals surface area contributed by atoms with Gasteiger partial charge in [0.15, 0.2) is 0 Å². The van der Waals surface area contributed by atoms with Gasteiger partial charge in [0.25, 0.3) is 5.91 Å². The third-order valence-corrected chi connectivity index (χ3v) is 3.44. The van der Waals surface area contributed by atoms with E-state index in [1.165, 1.54) is 30.3 Å². The van der Waals surface area contributed by atoms with Crippen molar-refractivity contribution < 1.29 is 13.9 Å². The minimum Gasteiger partial charge on any atom is -0.456 e. The van der Waals surface area contributed by atoms with E-state index >= 15 is 0 Å². The maximum Gasteiger partial charge on any atom is 0.267 e. The maximum absolute atomic E-state index is 13.0. The van der Waals surface area contributed by atoms with Gasteiger partial charge in [0, 0.05) is 5.56 Å². The Hall–Kier alpha value is -3.72. The summed E-state index contributed by atoms with van der Waals surface area (Å²) in [6, 6.07) is 17.4. The lowest BCUT2D eigenvalue weighted by Crippen LogP contribution is -2.13. The fourth-order valence-corrected chi connectivity index (χ4v) is 2.23. The summed E-state index contributed by atoms with van der Waals surface area (Å²) in [7, 11) is 0. The summed E-state index contributed by atoms with van der Waals surface area (Å²) in [4.78, 5) is 15.4. The number of carbonyl (C=O) groups is 1. The second-order valence-corrected chi connectivity index (χ2v) is 5.15. The number of benzene rings is 2. The Morgan fingerprint density at radius 3 is 2.56 bits per heavy atom. The number of halogens is 1. The maximum atomic E-state index is 13.0. The number of primary amides is 1. The minimum atomic E-state index is -0.626. The molecule has 0 spiro atoms. The molecule has 0 atom stereocenters. The summed E-state index contributed by atoms with van der Waals surface area (Å²) in [6.07, 6.45) is 0. The number of aromatic nitrogens is 1. The number of hydrogen-bond acceptors (Lipinski definition) is 4. The van der Waals surface area contributed by atoms with Crippen LogP contribution in [-0.2, 0) is 0 Å². The van der Waals surface area contributed by atoms with Crippen LogP contribution < -0.4 is 10.5 Å². The SMILES string of the molecule is N#Cc1cc(-c2cccc(C(N)=O)n2)ccc1Oc1ccc(F)cc1. The van der Waals surface area contributed by atoms with Crippen molar-refractivity contribution >= 4 is 5.91 Å². The minimum absolute atomic E-state index is 0.141. The van der Waals surface area contributed by atoms with Crippen molar-refractivity contribution in [2.75, 3.05) is 0 Å². The second kappa shape index (κ2) is 6.81. The van der Waals surface area contributed by atoms with Crippen molar-refractivity contribution in [2.45, 2.75) is 0 Å². The number of hydrogen-bond donors (Lipinski definition) is 1. The first-order valence-electron chi connectivity index (χ1n) is 7.31. The summed E-state index contributed by atoms with van der Waals surface area (Å²) in [6.45, 7) is 0. The Kier molecular flexibility index (Phi) is 4.40. The van der Waals surface area contributed by atoms with E-state index in [0.717, 1.165) is 0 Å². The van der Waals surface area contributed by atoms with Crippen molar-refractivity contribution in [3.05, 3.63) is 77.7 Å². The van der Waals surface area contributed by atoms with Crippen molar-refractivity contribution in [1.29, 1.82) is 5.26 Å². The predicted octanol–water partition coefficient (Wildman–Crippen LogP) is 3.65. The van der Waals surface area contributed by atoms with Gasteiger partial charge in [-0.2, -0.15) is 5.26 Å². The zero-order chi connectivity index (χ0) is 17.8. The molecule has 0 saturated heterocycles. The van der Waals surface area contributed by atoms with Gasteiger partial charge in [-0.15, -0.1) is 0 Å². The van der Waals surface area contributed by atoms with Crippen LogP contribution in [-0.4, -0.2) is 10.9 Å². The van der Waals surface area contributed by atoms with Crippen molar-refractivity contribution in [1.82, 2.24) is 4.98 Å². The molecule has 0 bridgehead atoms. The van der Waals surface area contributed by atoms with E-state index < -0.39 is 5.91 Å². The third kappa shape index (κ3) is 3.62. The summed E-state index contributed by atoms with van der Waals surface area (Å²) in [5, 5.41) is 9.37. The van der Waals surface area contributed by atoms with Gasteiger partial charge in [0.1, 0.15) is 29.1 Å². The number of carbonyl (C=O) groups excluding carboxylic acids is 1. The van der Waals surface area contributed by atoms with Crippen LogP contribution in [0.5, 0.6) is 11.5 Å². The summed E-state index contributed by atoms with van der Waals surface area (Å²) >= 11 is 0. The largest absolute Gasteiger partial charge is 0.456 e. The number of pyridine rings is 1. The van der Waals surface area contributed by atoms with E-state index in [1.807, 2.05) is 0 Å². The molecule has 0 fully saturated rings. The Morgan fingerprint density at radius 2 is 1.88 bits per heavy atom. The highest BCUT2D eigenvalue weighted by Crippen LogP contribution is 2.29. The van der Waals surface area contributed by atoms with Gasteiger partial charge in [-0.25, -0.2) is 9.37 Å². The normalized spacial score (nSPS) is 10.1. The molecule has 0 unspecified atom stereocenters. The van der Waals surface area contributed by atoms with Gasteiger partial charge >= 0.3 is 0 Å². The fraction of sp³-hybridized carbons (Fsp3) is 0. The molecule has 1 amide bonds. The van der Waals surface area contributed by atoms with Gasteiger partial charge in [0.2, 0.25) is 0 Å². The molecule has 25 heavy (non-hydrogen) atoms.